The van der Waals surface area contributed by atoms with Crippen LogP contribution in [0.25, 0.3) is 0 Å². The van der Waals surface area contributed by atoms with Gasteiger partial charge in [0, 0.05) is 13.1 Å². The van der Waals surface area contributed by atoms with Gasteiger partial charge in [-0.1, -0.05) is 23.8 Å². The highest BCUT2D eigenvalue weighted by molar-refractivity contribution is 7.91. The van der Waals surface area contributed by atoms with Crippen LogP contribution in [0.4, 0.5) is 0 Å². The smallest absolute Gasteiger partial charge is 0.159 e. The Kier molecular flexibility index (Phi) is 3.04. The number of rotatable bonds is 1. The van der Waals surface area contributed by atoms with Crippen LogP contribution in [0.1, 0.15) is 21.9 Å². The van der Waals surface area contributed by atoms with Crippen molar-refractivity contribution >= 4 is 9.84 Å². The van der Waals surface area contributed by atoms with Gasteiger partial charge in [-0.15, -0.1) is 0 Å². The summed E-state index contributed by atoms with van der Waals surface area (Å²) in [6, 6.07) is 6.00. The van der Waals surface area contributed by atoms with Crippen molar-refractivity contribution in [2.24, 2.45) is 0 Å². The Morgan fingerprint density at radius 2 is 2.06 bits per heavy atom. The second-order valence-electron chi connectivity index (χ2n) is 4.42. The van der Waals surface area contributed by atoms with Gasteiger partial charge in [0.15, 0.2) is 9.84 Å². The van der Waals surface area contributed by atoms with Crippen molar-refractivity contribution in [3.05, 3.63) is 34.9 Å². The van der Waals surface area contributed by atoms with Gasteiger partial charge in [-0.05, 0) is 25.0 Å². The summed E-state index contributed by atoms with van der Waals surface area (Å²) < 4.78 is 24.0. The molecule has 4 heteroatoms. The maximum Gasteiger partial charge on any atom is 0.159 e. The summed E-state index contributed by atoms with van der Waals surface area (Å²) in [5, 5.41) is 2.78. The minimum atomic E-state index is -2.98. The third-order valence-corrected chi connectivity index (χ3v) is 5.17. The molecule has 0 amide bonds. The van der Waals surface area contributed by atoms with Crippen molar-refractivity contribution < 1.29 is 8.42 Å². The molecule has 88 valence electrons. The van der Waals surface area contributed by atoms with Crippen molar-refractivity contribution in [1.29, 1.82) is 0 Å². The number of aryl methyl sites for hydroxylation is 2. The normalized spacial score (nSPS) is 24.2. The first kappa shape index (κ1) is 11.6. The number of hydrogen-bond acceptors (Lipinski definition) is 3. The number of nitrogens with one attached hydrogen (secondary N) is 1. The molecule has 2 rings (SSSR count). The first-order valence-electron chi connectivity index (χ1n) is 5.50. The molecule has 0 aliphatic carbocycles. The molecule has 1 aromatic carbocycles. The topological polar surface area (TPSA) is 46.2 Å². The molecule has 1 aliphatic heterocycles. The van der Waals surface area contributed by atoms with Gasteiger partial charge in [-0.3, -0.25) is 0 Å². The van der Waals surface area contributed by atoms with Gasteiger partial charge in [-0.2, -0.15) is 0 Å². The van der Waals surface area contributed by atoms with Gasteiger partial charge < -0.3 is 5.32 Å². The highest BCUT2D eigenvalue weighted by Crippen LogP contribution is 2.28. The Balaban J connectivity index is 2.46. The molecular formula is C12H17NO2S. The van der Waals surface area contributed by atoms with Crippen molar-refractivity contribution in [1.82, 2.24) is 5.32 Å². The van der Waals surface area contributed by atoms with E-state index in [2.05, 4.69) is 5.32 Å². The summed E-state index contributed by atoms with van der Waals surface area (Å²) in [4.78, 5) is 0. The molecule has 3 nitrogen and oxygen atoms in total. The predicted molar refractivity (Wildman–Crippen MR) is 65.3 cm³/mol. The highest BCUT2D eigenvalue weighted by Gasteiger charge is 2.30. The van der Waals surface area contributed by atoms with E-state index in [9.17, 15) is 8.42 Å². The van der Waals surface area contributed by atoms with Crippen LogP contribution in [0.2, 0.25) is 0 Å². The average Bonchev–Trinajstić information content (AvgIpc) is 2.22. The van der Waals surface area contributed by atoms with Gasteiger partial charge in [-0.25, -0.2) is 8.42 Å². The molecule has 0 bridgehead atoms. The van der Waals surface area contributed by atoms with Crippen LogP contribution in [0.3, 0.4) is 0 Å². The monoisotopic (exact) mass is 239 g/mol. The third kappa shape index (κ3) is 2.13. The minimum Gasteiger partial charge on any atom is -0.314 e. The molecule has 0 radical (unpaired) electrons. The lowest BCUT2D eigenvalue weighted by Gasteiger charge is -2.25. The molecule has 1 atom stereocenters. The van der Waals surface area contributed by atoms with Gasteiger partial charge in [0.25, 0.3) is 0 Å². The standard InChI is InChI=1S/C12H17NO2S/c1-9-3-4-10(2)11(7-9)12-8-13-5-6-16(12,14)15/h3-4,7,12-13H,5-6,8H2,1-2H3. The van der Waals surface area contributed by atoms with Crippen molar-refractivity contribution in [3.8, 4) is 0 Å². The molecule has 1 unspecified atom stereocenters. The lowest BCUT2D eigenvalue weighted by Crippen LogP contribution is -2.39. The molecule has 1 fully saturated rings. The Labute approximate surface area is 96.8 Å². The maximum atomic E-state index is 12.0. The Bertz CT molecular complexity index is 494. The fourth-order valence-corrected chi connectivity index (χ4v) is 3.85. The van der Waals surface area contributed by atoms with E-state index in [4.69, 9.17) is 0 Å². The quantitative estimate of drug-likeness (QED) is 0.805. The lowest BCUT2D eigenvalue weighted by molar-refractivity contribution is 0.550. The zero-order chi connectivity index (χ0) is 11.8. The van der Waals surface area contributed by atoms with Crippen LogP contribution in [0.15, 0.2) is 18.2 Å². The molecular weight excluding hydrogens is 222 g/mol. The van der Waals surface area contributed by atoms with E-state index in [-0.39, 0.29) is 11.0 Å². The van der Waals surface area contributed by atoms with Crippen molar-refractivity contribution in [3.63, 3.8) is 0 Å². The molecule has 0 saturated carbocycles. The summed E-state index contributed by atoms with van der Waals surface area (Å²) in [6.07, 6.45) is 0. The Hall–Kier alpha value is -0.870. The first-order valence-corrected chi connectivity index (χ1v) is 7.22. The SMILES string of the molecule is Cc1ccc(C)c(C2CNCCS2(=O)=O)c1. The number of benzene rings is 1. The second kappa shape index (κ2) is 4.18. The molecule has 1 heterocycles. The lowest BCUT2D eigenvalue weighted by atomic mass is 10.0. The largest absolute Gasteiger partial charge is 0.314 e. The molecule has 16 heavy (non-hydrogen) atoms. The van der Waals surface area contributed by atoms with Gasteiger partial charge in [0.1, 0.15) is 0 Å². The molecule has 1 aromatic rings. The van der Waals surface area contributed by atoms with Gasteiger partial charge in [0.2, 0.25) is 0 Å². The van der Waals surface area contributed by atoms with E-state index in [0.29, 0.717) is 13.1 Å². The molecule has 1 saturated heterocycles. The van der Waals surface area contributed by atoms with E-state index >= 15 is 0 Å². The van der Waals surface area contributed by atoms with Gasteiger partial charge >= 0.3 is 0 Å². The number of hydrogen-bond donors (Lipinski definition) is 1. The van der Waals surface area contributed by atoms with E-state index < -0.39 is 9.84 Å². The third-order valence-electron chi connectivity index (χ3n) is 3.11. The van der Waals surface area contributed by atoms with Crippen LogP contribution >= 0.6 is 0 Å². The summed E-state index contributed by atoms with van der Waals surface area (Å²) in [6.45, 7) is 5.07. The summed E-state index contributed by atoms with van der Waals surface area (Å²) in [7, 11) is -2.98. The summed E-state index contributed by atoms with van der Waals surface area (Å²) in [5.41, 5.74) is 3.12. The second-order valence-corrected chi connectivity index (χ2v) is 6.72. The molecule has 1 aliphatic rings. The zero-order valence-electron chi connectivity index (χ0n) is 9.66. The zero-order valence-corrected chi connectivity index (χ0v) is 10.5. The van der Waals surface area contributed by atoms with E-state index in [1.165, 1.54) is 0 Å². The Morgan fingerprint density at radius 1 is 1.31 bits per heavy atom. The van der Waals surface area contributed by atoms with Crippen LogP contribution < -0.4 is 5.32 Å². The summed E-state index contributed by atoms with van der Waals surface area (Å²) >= 11 is 0. The van der Waals surface area contributed by atoms with Crippen LogP contribution in [-0.4, -0.2) is 27.3 Å². The predicted octanol–water partition coefficient (Wildman–Crippen LogP) is 1.36. The maximum absolute atomic E-state index is 12.0. The van der Waals surface area contributed by atoms with E-state index in [0.717, 1.165) is 16.7 Å². The molecule has 0 spiro atoms. The number of sulfone groups is 1. The minimum absolute atomic E-state index is 0.241. The Morgan fingerprint density at radius 3 is 2.75 bits per heavy atom. The highest BCUT2D eigenvalue weighted by atomic mass is 32.2. The fourth-order valence-electron chi connectivity index (χ4n) is 2.13. The molecule has 0 aromatic heterocycles. The fraction of sp³-hybridized carbons (Fsp3) is 0.500. The van der Waals surface area contributed by atoms with Crippen molar-refractivity contribution in [2.45, 2.75) is 19.1 Å². The van der Waals surface area contributed by atoms with Crippen LogP contribution in [-0.2, 0) is 9.84 Å². The van der Waals surface area contributed by atoms with Gasteiger partial charge in [0.05, 0.1) is 11.0 Å². The van der Waals surface area contributed by atoms with Crippen LogP contribution in [0.5, 0.6) is 0 Å². The average molecular weight is 239 g/mol. The van der Waals surface area contributed by atoms with E-state index in [1.807, 2.05) is 32.0 Å². The van der Waals surface area contributed by atoms with Crippen LogP contribution in [0, 0.1) is 13.8 Å². The first-order chi connectivity index (χ1) is 7.50. The van der Waals surface area contributed by atoms with E-state index in [1.54, 1.807) is 0 Å². The van der Waals surface area contributed by atoms with Crippen molar-refractivity contribution in [2.75, 3.05) is 18.8 Å². The molecule has 1 N–H and O–H groups in total. The summed E-state index contributed by atoms with van der Waals surface area (Å²) in [5.74, 6) is 0.241.